The molecule has 0 aliphatic heterocycles. The van der Waals surface area contributed by atoms with Crippen molar-refractivity contribution in [2.75, 3.05) is 33.0 Å². The van der Waals surface area contributed by atoms with Gasteiger partial charge in [0.05, 0.1) is 13.2 Å². The highest BCUT2D eigenvalue weighted by Gasteiger charge is 2.14. The van der Waals surface area contributed by atoms with E-state index in [9.17, 15) is 9.18 Å². The first-order valence-electron chi connectivity index (χ1n) is 11.1. The van der Waals surface area contributed by atoms with E-state index in [0.717, 1.165) is 27.7 Å². The van der Waals surface area contributed by atoms with Crippen LogP contribution in [0, 0.1) is 5.82 Å². The highest BCUT2D eigenvalue weighted by Crippen LogP contribution is 2.31. The largest absolute Gasteiger partial charge is 0.374 e. The molecule has 0 fully saturated rings. The van der Waals surface area contributed by atoms with E-state index in [2.05, 4.69) is 10.3 Å². The van der Waals surface area contributed by atoms with Crippen LogP contribution in [-0.4, -0.2) is 50.2 Å². The lowest BCUT2D eigenvalue weighted by Gasteiger charge is -2.16. The van der Waals surface area contributed by atoms with Gasteiger partial charge in [-0.05, 0) is 61.7 Å². The lowest BCUT2D eigenvalue weighted by Crippen LogP contribution is -2.29. The molecule has 0 aliphatic rings. The van der Waals surface area contributed by atoms with Crippen molar-refractivity contribution in [3.05, 3.63) is 59.9 Å². The summed E-state index contributed by atoms with van der Waals surface area (Å²) >= 11 is 0. The predicted octanol–water partition coefficient (Wildman–Crippen LogP) is 4.44. The van der Waals surface area contributed by atoms with Crippen LogP contribution in [0.1, 0.15) is 25.8 Å². The molecule has 172 valence electrons. The summed E-state index contributed by atoms with van der Waals surface area (Å²) in [6, 6.07) is 14.4. The summed E-state index contributed by atoms with van der Waals surface area (Å²) < 4.78 is 29.8. The zero-order chi connectivity index (χ0) is 22.8. The van der Waals surface area contributed by atoms with E-state index in [1.54, 1.807) is 12.1 Å². The highest BCUT2D eigenvalue weighted by molar-refractivity contribution is 5.91. The topological polar surface area (TPSA) is 72.6 Å². The fraction of sp³-hybridized carbons (Fsp3) is 0.400. The molecule has 0 aliphatic carbocycles. The van der Waals surface area contributed by atoms with E-state index in [-0.39, 0.29) is 18.0 Å². The summed E-state index contributed by atoms with van der Waals surface area (Å²) in [4.78, 5) is 15.8. The van der Waals surface area contributed by atoms with Crippen LogP contribution < -0.4 is 5.32 Å². The van der Waals surface area contributed by atoms with Crippen molar-refractivity contribution in [1.29, 1.82) is 0 Å². The van der Waals surface area contributed by atoms with Crippen LogP contribution in [0.25, 0.3) is 22.2 Å². The van der Waals surface area contributed by atoms with Gasteiger partial charge in [-0.3, -0.25) is 4.79 Å². The first-order valence-corrected chi connectivity index (χ1v) is 11.1. The van der Waals surface area contributed by atoms with Gasteiger partial charge in [0.1, 0.15) is 5.82 Å². The molecule has 1 amide bonds. The number of carbonyl (C=O) groups is 1. The number of aromatic nitrogens is 1. The quantitative estimate of drug-likeness (QED) is 0.303. The number of carbonyl (C=O) groups excluding carboxylic acids is 1. The normalized spacial score (nSPS) is 11.4. The molecule has 3 aromatic rings. The van der Waals surface area contributed by atoms with Crippen LogP contribution in [0.2, 0.25) is 0 Å². The Morgan fingerprint density at radius 1 is 1.06 bits per heavy atom. The number of hydrogen-bond acceptors (Lipinski definition) is 4. The smallest absolute Gasteiger partial charge is 0.220 e. The minimum Gasteiger partial charge on any atom is -0.374 e. The van der Waals surface area contributed by atoms with Gasteiger partial charge in [-0.25, -0.2) is 4.39 Å². The Kier molecular flexibility index (Phi) is 9.22. The van der Waals surface area contributed by atoms with Gasteiger partial charge in [0.15, 0.2) is 6.29 Å². The number of aryl methyl sites for hydroxylation is 1. The average Bonchev–Trinajstić information content (AvgIpc) is 3.16. The summed E-state index contributed by atoms with van der Waals surface area (Å²) in [5, 5.41) is 3.96. The molecule has 0 bridgehead atoms. The number of benzene rings is 2. The number of amides is 1. The lowest BCUT2D eigenvalue weighted by atomic mass is 10.0. The van der Waals surface area contributed by atoms with E-state index in [4.69, 9.17) is 14.2 Å². The molecule has 0 atom stereocenters. The molecule has 1 aromatic heterocycles. The van der Waals surface area contributed by atoms with Crippen LogP contribution >= 0.6 is 0 Å². The molecular formula is C25H31FN2O4. The summed E-state index contributed by atoms with van der Waals surface area (Å²) in [6.45, 7) is 6.05. The number of para-hydroxylation sites is 1. The van der Waals surface area contributed by atoms with Gasteiger partial charge in [-0.1, -0.05) is 18.2 Å². The number of nitrogens with one attached hydrogen (secondary N) is 2. The Morgan fingerprint density at radius 3 is 2.50 bits per heavy atom. The van der Waals surface area contributed by atoms with Crippen molar-refractivity contribution in [1.82, 2.24) is 10.3 Å². The second-order valence-electron chi connectivity index (χ2n) is 7.30. The molecule has 32 heavy (non-hydrogen) atoms. The molecule has 7 heteroatoms. The maximum Gasteiger partial charge on any atom is 0.220 e. The fourth-order valence-corrected chi connectivity index (χ4v) is 3.61. The van der Waals surface area contributed by atoms with Gasteiger partial charge in [-0.2, -0.15) is 0 Å². The lowest BCUT2D eigenvalue weighted by molar-refractivity contribution is -0.167. The molecule has 0 radical (unpaired) electrons. The third kappa shape index (κ3) is 6.63. The Labute approximate surface area is 188 Å². The molecule has 0 saturated heterocycles. The first-order chi connectivity index (χ1) is 15.6. The number of aromatic amines is 1. The van der Waals surface area contributed by atoms with Crippen molar-refractivity contribution < 1.29 is 23.4 Å². The SMILES string of the molecule is CCOC(COCCNC(=O)CCc1c(-c2ccc(F)cc2)[nH]c2ccccc12)OCC. The van der Waals surface area contributed by atoms with Crippen LogP contribution in [0.15, 0.2) is 48.5 Å². The Hall–Kier alpha value is -2.74. The summed E-state index contributed by atoms with van der Waals surface area (Å²) in [5.74, 6) is -0.322. The van der Waals surface area contributed by atoms with Crippen LogP contribution in [0.3, 0.4) is 0 Å². The summed E-state index contributed by atoms with van der Waals surface area (Å²) in [7, 11) is 0. The fourth-order valence-electron chi connectivity index (χ4n) is 3.61. The number of H-pyrrole nitrogens is 1. The van der Waals surface area contributed by atoms with E-state index in [1.807, 2.05) is 38.1 Å². The predicted molar refractivity (Wildman–Crippen MR) is 123 cm³/mol. The van der Waals surface area contributed by atoms with E-state index >= 15 is 0 Å². The van der Waals surface area contributed by atoms with Gasteiger partial charge in [-0.15, -0.1) is 0 Å². The zero-order valence-electron chi connectivity index (χ0n) is 18.7. The third-order valence-corrected chi connectivity index (χ3v) is 5.08. The van der Waals surface area contributed by atoms with Crippen molar-refractivity contribution in [3.8, 4) is 11.3 Å². The zero-order valence-corrected chi connectivity index (χ0v) is 18.7. The number of ether oxygens (including phenoxy) is 3. The summed E-state index contributed by atoms with van der Waals surface area (Å²) in [6.07, 6.45) is 0.531. The van der Waals surface area contributed by atoms with Gasteiger partial charge in [0.25, 0.3) is 0 Å². The number of hydrogen-bond donors (Lipinski definition) is 2. The molecule has 1 heterocycles. The summed E-state index contributed by atoms with van der Waals surface area (Å²) in [5.41, 5.74) is 3.86. The molecule has 2 N–H and O–H groups in total. The van der Waals surface area contributed by atoms with Crippen molar-refractivity contribution in [2.45, 2.75) is 33.0 Å². The average molecular weight is 443 g/mol. The Balaban J connectivity index is 1.54. The molecule has 6 nitrogen and oxygen atoms in total. The Bertz CT molecular complexity index is 981. The van der Waals surface area contributed by atoms with Crippen molar-refractivity contribution >= 4 is 16.8 Å². The van der Waals surface area contributed by atoms with Gasteiger partial charge >= 0.3 is 0 Å². The molecule has 3 rings (SSSR count). The number of fused-ring (bicyclic) bond motifs is 1. The monoisotopic (exact) mass is 442 g/mol. The molecule has 2 aromatic carbocycles. The maximum absolute atomic E-state index is 13.4. The minimum atomic E-state index is -0.382. The number of halogens is 1. The second kappa shape index (κ2) is 12.3. The van der Waals surface area contributed by atoms with Gasteiger partial charge < -0.3 is 24.5 Å². The van der Waals surface area contributed by atoms with Crippen LogP contribution in [0.5, 0.6) is 0 Å². The minimum absolute atomic E-state index is 0.0462. The molecule has 0 saturated carbocycles. The van der Waals surface area contributed by atoms with Gasteiger partial charge in [0.2, 0.25) is 5.91 Å². The maximum atomic E-state index is 13.4. The van der Waals surface area contributed by atoms with Crippen molar-refractivity contribution in [2.24, 2.45) is 0 Å². The van der Waals surface area contributed by atoms with E-state index < -0.39 is 0 Å². The highest BCUT2D eigenvalue weighted by atomic mass is 19.1. The molecule has 0 unspecified atom stereocenters. The standard InChI is InChI=1S/C25H31FN2O4/c1-3-31-24(32-4-2)17-30-16-15-27-23(29)14-13-21-20-7-5-6-8-22(20)28-25(21)18-9-11-19(26)12-10-18/h5-12,24,28H,3-4,13-17H2,1-2H3,(H,27,29). The van der Waals surface area contributed by atoms with Crippen molar-refractivity contribution in [3.63, 3.8) is 0 Å². The van der Waals surface area contributed by atoms with Crippen LogP contribution in [-0.2, 0) is 25.4 Å². The van der Waals surface area contributed by atoms with Crippen LogP contribution in [0.4, 0.5) is 4.39 Å². The van der Waals surface area contributed by atoms with E-state index in [0.29, 0.717) is 45.8 Å². The first kappa shape index (κ1) is 23.9. The van der Waals surface area contributed by atoms with E-state index in [1.165, 1.54) is 12.1 Å². The number of rotatable bonds is 13. The third-order valence-electron chi connectivity index (χ3n) is 5.08. The Morgan fingerprint density at radius 2 is 1.78 bits per heavy atom. The molecular weight excluding hydrogens is 411 g/mol. The van der Waals surface area contributed by atoms with Gasteiger partial charge in [0, 0.05) is 42.8 Å². The second-order valence-corrected chi connectivity index (χ2v) is 7.30. The molecule has 0 spiro atoms.